The van der Waals surface area contributed by atoms with Gasteiger partial charge in [0.2, 0.25) is 5.82 Å². The first-order chi connectivity index (χ1) is 8.47. The number of nitrogens with one attached hydrogen (secondary N) is 1. The average molecular weight is 318 g/mol. The monoisotopic (exact) mass is 317 g/mol. The molecule has 1 aromatic carbocycles. The van der Waals surface area contributed by atoms with Crippen molar-refractivity contribution in [2.75, 3.05) is 7.05 Å². The molecule has 0 unspecified atom stereocenters. The summed E-state index contributed by atoms with van der Waals surface area (Å²) in [5.74, 6) is -1.03. The highest BCUT2D eigenvalue weighted by atomic mass is 79.9. The fraction of sp³-hybridized carbons (Fsp3) is 0.385. The predicted octanol–water partition coefficient (Wildman–Crippen LogP) is 4.32. The van der Waals surface area contributed by atoms with Gasteiger partial charge in [-0.25, -0.2) is 4.39 Å². The number of hydrogen-bond donors (Lipinski definition) is 1. The van der Waals surface area contributed by atoms with Crippen LogP contribution in [0.2, 0.25) is 0 Å². The van der Waals surface area contributed by atoms with Gasteiger partial charge in [0.25, 0.3) is 0 Å². The van der Waals surface area contributed by atoms with Crippen molar-refractivity contribution < 1.29 is 13.2 Å². The molecule has 0 atom stereocenters. The molecule has 1 N–H and O–H groups in total. The molecule has 0 aliphatic rings. The zero-order valence-electron chi connectivity index (χ0n) is 10.4. The van der Waals surface area contributed by atoms with Crippen LogP contribution in [0, 0.1) is 11.6 Å². The molecule has 5 heteroatoms. The van der Waals surface area contributed by atoms with Crippen molar-refractivity contribution in [3.63, 3.8) is 0 Å². The molecule has 0 amide bonds. The van der Waals surface area contributed by atoms with Crippen LogP contribution in [0.15, 0.2) is 15.0 Å². The summed E-state index contributed by atoms with van der Waals surface area (Å²) < 4.78 is 33.1. The molecule has 0 saturated heterocycles. The Morgan fingerprint density at radius 1 is 1.39 bits per heavy atom. The van der Waals surface area contributed by atoms with E-state index in [0.717, 1.165) is 11.6 Å². The Bertz CT molecular complexity index is 592. The number of fused-ring (bicyclic) bond motifs is 1. The molecule has 0 radical (unpaired) electrons. The summed E-state index contributed by atoms with van der Waals surface area (Å²) in [5, 5.41) is 3.59. The second kappa shape index (κ2) is 4.97. The van der Waals surface area contributed by atoms with E-state index in [1.54, 1.807) is 7.05 Å². The molecule has 18 heavy (non-hydrogen) atoms. The molecular formula is C13H14BrF2NO. The lowest BCUT2D eigenvalue weighted by molar-refractivity contribution is 0.470. The summed E-state index contributed by atoms with van der Waals surface area (Å²) in [6, 6.07) is 1.14. The van der Waals surface area contributed by atoms with Crippen molar-refractivity contribution in [2.24, 2.45) is 0 Å². The first-order valence-corrected chi connectivity index (χ1v) is 6.50. The van der Waals surface area contributed by atoms with Gasteiger partial charge in [0.1, 0.15) is 5.76 Å². The van der Waals surface area contributed by atoms with Crippen LogP contribution >= 0.6 is 15.9 Å². The maximum absolute atomic E-state index is 13.8. The Balaban J connectivity index is 2.84. The Hall–Kier alpha value is -0.940. The van der Waals surface area contributed by atoms with E-state index in [1.165, 1.54) is 0 Å². The maximum atomic E-state index is 13.8. The van der Waals surface area contributed by atoms with Crippen LogP contribution in [0.1, 0.15) is 31.1 Å². The van der Waals surface area contributed by atoms with Crippen molar-refractivity contribution in [2.45, 2.75) is 26.3 Å². The van der Waals surface area contributed by atoms with Gasteiger partial charge in [-0.3, -0.25) is 0 Å². The maximum Gasteiger partial charge on any atom is 0.201 e. The molecule has 0 spiro atoms. The highest BCUT2D eigenvalue weighted by Gasteiger charge is 2.23. The van der Waals surface area contributed by atoms with E-state index in [-0.39, 0.29) is 11.5 Å². The molecule has 0 fully saturated rings. The standard InChI is InChI=1S/C13H14BrF2NO/c1-6(2)10-9(5-17-3)18-13-11(10)7(14)4-8(15)12(13)16/h4,6,17H,5H2,1-3H3. The van der Waals surface area contributed by atoms with Gasteiger partial charge >= 0.3 is 0 Å². The second-order valence-electron chi connectivity index (χ2n) is 4.48. The van der Waals surface area contributed by atoms with Crippen molar-refractivity contribution in [1.29, 1.82) is 0 Å². The molecule has 2 nitrogen and oxygen atoms in total. The number of hydrogen-bond acceptors (Lipinski definition) is 2. The van der Waals surface area contributed by atoms with Crippen LogP contribution in [0.25, 0.3) is 11.0 Å². The van der Waals surface area contributed by atoms with Gasteiger partial charge in [0.05, 0.1) is 6.54 Å². The van der Waals surface area contributed by atoms with Crippen LogP contribution in [0.3, 0.4) is 0 Å². The van der Waals surface area contributed by atoms with E-state index in [2.05, 4.69) is 21.2 Å². The van der Waals surface area contributed by atoms with Crippen LogP contribution in [-0.4, -0.2) is 7.05 Å². The minimum atomic E-state index is -0.933. The summed E-state index contributed by atoms with van der Waals surface area (Å²) in [4.78, 5) is 0. The summed E-state index contributed by atoms with van der Waals surface area (Å²) >= 11 is 3.28. The lowest BCUT2D eigenvalue weighted by Crippen LogP contribution is -2.06. The minimum Gasteiger partial charge on any atom is -0.456 e. The third-order valence-electron chi connectivity index (χ3n) is 2.84. The fourth-order valence-electron chi connectivity index (χ4n) is 2.14. The minimum absolute atomic E-state index is 0.0178. The highest BCUT2D eigenvalue weighted by molar-refractivity contribution is 9.10. The first-order valence-electron chi connectivity index (χ1n) is 5.70. The Morgan fingerprint density at radius 2 is 2.06 bits per heavy atom. The lowest BCUT2D eigenvalue weighted by Gasteiger charge is -2.07. The third kappa shape index (κ3) is 2.06. The molecule has 98 valence electrons. The van der Waals surface area contributed by atoms with Crippen molar-refractivity contribution >= 4 is 26.9 Å². The molecule has 1 aromatic heterocycles. The smallest absolute Gasteiger partial charge is 0.201 e. The number of furan rings is 1. The van der Waals surface area contributed by atoms with Crippen LogP contribution in [-0.2, 0) is 6.54 Å². The van der Waals surface area contributed by atoms with Gasteiger partial charge in [-0.15, -0.1) is 0 Å². The van der Waals surface area contributed by atoms with Crippen molar-refractivity contribution in [1.82, 2.24) is 5.32 Å². The van der Waals surface area contributed by atoms with Crippen LogP contribution < -0.4 is 5.32 Å². The van der Waals surface area contributed by atoms with Gasteiger partial charge in [-0.1, -0.05) is 13.8 Å². The summed E-state index contributed by atoms with van der Waals surface area (Å²) in [6.45, 7) is 4.48. The fourth-order valence-corrected chi connectivity index (χ4v) is 2.73. The van der Waals surface area contributed by atoms with Crippen molar-refractivity contribution in [3.05, 3.63) is 33.5 Å². The zero-order chi connectivity index (χ0) is 13.4. The quantitative estimate of drug-likeness (QED) is 0.853. The van der Waals surface area contributed by atoms with Gasteiger partial charge in [-0.05, 0) is 35.0 Å². The predicted molar refractivity (Wildman–Crippen MR) is 70.7 cm³/mol. The van der Waals surface area contributed by atoms with Crippen LogP contribution in [0.5, 0.6) is 0 Å². The Kier molecular flexibility index (Phi) is 3.73. The zero-order valence-corrected chi connectivity index (χ0v) is 12.0. The van der Waals surface area contributed by atoms with Crippen molar-refractivity contribution in [3.8, 4) is 0 Å². The van der Waals surface area contributed by atoms with Gasteiger partial charge < -0.3 is 9.73 Å². The molecule has 0 saturated carbocycles. The largest absolute Gasteiger partial charge is 0.456 e. The Labute approximate surface area is 112 Å². The van der Waals surface area contributed by atoms with E-state index < -0.39 is 11.6 Å². The van der Waals surface area contributed by atoms with Gasteiger partial charge in [0.15, 0.2) is 11.4 Å². The summed E-state index contributed by atoms with van der Waals surface area (Å²) in [5.41, 5.74) is 0.890. The molecule has 0 bridgehead atoms. The van der Waals surface area contributed by atoms with E-state index in [9.17, 15) is 8.78 Å². The molecule has 1 heterocycles. The first kappa shape index (κ1) is 13.5. The summed E-state index contributed by atoms with van der Waals surface area (Å²) in [7, 11) is 1.78. The van der Waals surface area contributed by atoms with Gasteiger partial charge in [0, 0.05) is 15.4 Å². The molecule has 2 aromatic rings. The second-order valence-corrected chi connectivity index (χ2v) is 5.34. The average Bonchev–Trinajstić information content (AvgIpc) is 2.66. The summed E-state index contributed by atoms with van der Waals surface area (Å²) in [6.07, 6.45) is 0. The third-order valence-corrected chi connectivity index (χ3v) is 3.46. The number of benzene rings is 1. The van der Waals surface area contributed by atoms with E-state index in [4.69, 9.17) is 4.42 Å². The van der Waals surface area contributed by atoms with E-state index >= 15 is 0 Å². The van der Waals surface area contributed by atoms with E-state index in [0.29, 0.717) is 22.2 Å². The topological polar surface area (TPSA) is 25.2 Å². The van der Waals surface area contributed by atoms with Gasteiger partial charge in [-0.2, -0.15) is 4.39 Å². The lowest BCUT2D eigenvalue weighted by atomic mass is 9.99. The highest BCUT2D eigenvalue weighted by Crippen LogP contribution is 2.38. The number of rotatable bonds is 3. The molecule has 0 aliphatic carbocycles. The number of halogens is 3. The SMILES string of the molecule is CNCc1oc2c(F)c(F)cc(Br)c2c1C(C)C. The normalized spacial score (nSPS) is 11.7. The molecule has 2 rings (SSSR count). The molecular weight excluding hydrogens is 304 g/mol. The Morgan fingerprint density at radius 3 is 2.61 bits per heavy atom. The van der Waals surface area contributed by atoms with Crippen LogP contribution in [0.4, 0.5) is 8.78 Å². The van der Waals surface area contributed by atoms with E-state index in [1.807, 2.05) is 13.8 Å². The molecule has 0 aliphatic heterocycles.